The molecule has 1 unspecified atom stereocenters. The first kappa shape index (κ1) is 16.6. The van der Waals surface area contributed by atoms with Crippen LogP contribution in [-0.2, 0) is 4.79 Å². The summed E-state index contributed by atoms with van der Waals surface area (Å²) < 4.78 is 11.1. The van der Waals surface area contributed by atoms with E-state index in [1.807, 2.05) is 29.2 Å². The Morgan fingerprint density at radius 2 is 1.91 bits per heavy atom. The first-order valence-electron chi connectivity index (χ1n) is 8.09. The number of likely N-dealkylation sites (tertiary alicyclic amines) is 1. The lowest BCUT2D eigenvalue weighted by molar-refractivity contribution is -0.136. The van der Waals surface area contributed by atoms with Crippen LogP contribution in [0.5, 0.6) is 11.5 Å². The van der Waals surface area contributed by atoms with E-state index in [2.05, 4.69) is 6.92 Å². The van der Waals surface area contributed by atoms with Crippen molar-refractivity contribution < 1.29 is 14.3 Å². The molecule has 1 fully saturated rings. The van der Waals surface area contributed by atoms with Crippen molar-refractivity contribution in [3.05, 3.63) is 24.3 Å². The molecule has 22 heavy (non-hydrogen) atoms. The Balaban J connectivity index is 1.82. The molecule has 2 N–H and O–H groups in total. The molecule has 0 spiro atoms. The molecule has 0 aromatic heterocycles. The van der Waals surface area contributed by atoms with E-state index in [4.69, 9.17) is 15.2 Å². The predicted octanol–water partition coefficient (Wildman–Crippen LogP) is 2.19. The summed E-state index contributed by atoms with van der Waals surface area (Å²) >= 11 is 0. The fourth-order valence-electron chi connectivity index (χ4n) is 2.65. The third kappa shape index (κ3) is 4.63. The summed E-state index contributed by atoms with van der Waals surface area (Å²) in [5.74, 6) is 1.51. The minimum atomic E-state index is 0.0152. The van der Waals surface area contributed by atoms with Gasteiger partial charge in [0.1, 0.15) is 11.5 Å². The number of rotatable bonds is 7. The summed E-state index contributed by atoms with van der Waals surface area (Å²) in [5.41, 5.74) is 5.75. The van der Waals surface area contributed by atoms with E-state index in [-0.39, 0.29) is 18.6 Å². The lowest BCUT2D eigenvalue weighted by atomic mass is 10.0. The first-order chi connectivity index (χ1) is 10.7. The molecule has 0 aliphatic carbocycles. The highest BCUT2D eigenvalue weighted by atomic mass is 16.5. The molecule has 122 valence electrons. The minimum Gasteiger partial charge on any atom is -0.494 e. The largest absolute Gasteiger partial charge is 0.494 e. The summed E-state index contributed by atoms with van der Waals surface area (Å²) in [6.07, 6.45) is 4.16. The van der Waals surface area contributed by atoms with Gasteiger partial charge in [0.2, 0.25) is 0 Å². The zero-order chi connectivity index (χ0) is 15.8. The molecule has 0 radical (unpaired) electrons. The van der Waals surface area contributed by atoms with E-state index in [0.717, 1.165) is 38.0 Å². The maximum atomic E-state index is 12.3. The van der Waals surface area contributed by atoms with Crippen molar-refractivity contribution in [2.24, 2.45) is 5.73 Å². The molecule has 1 aromatic carbocycles. The minimum absolute atomic E-state index is 0.0152. The molecule has 1 heterocycles. The Bertz CT molecular complexity index is 461. The van der Waals surface area contributed by atoms with Crippen molar-refractivity contribution in [2.45, 2.75) is 38.6 Å². The number of piperidine rings is 1. The fraction of sp³-hybridized carbons (Fsp3) is 0.588. The van der Waals surface area contributed by atoms with Gasteiger partial charge in [-0.2, -0.15) is 0 Å². The van der Waals surface area contributed by atoms with Crippen LogP contribution in [0.15, 0.2) is 24.3 Å². The quantitative estimate of drug-likeness (QED) is 0.838. The van der Waals surface area contributed by atoms with E-state index < -0.39 is 0 Å². The molecule has 0 bridgehead atoms. The molecular formula is C17H26N2O3. The second-order valence-electron chi connectivity index (χ2n) is 5.58. The monoisotopic (exact) mass is 306 g/mol. The lowest BCUT2D eigenvalue weighted by Crippen LogP contribution is -2.49. The van der Waals surface area contributed by atoms with E-state index in [9.17, 15) is 4.79 Å². The number of carbonyl (C=O) groups is 1. The molecule has 1 saturated heterocycles. The van der Waals surface area contributed by atoms with Gasteiger partial charge in [0, 0.05) is 19.1 Å². The summed E-state index contributed by atoms with van der Waals surface area (Å²) in [4.78, 5) is 14.1. The number of hydrogen-bond donors (Lipinski definition) is 1. The first-order valence-corrected chi connectivity index (χ1v) is 8.09. The molecule has 1 aliphatic rings. The Kier molecular flexibility index (Phi) is 6.52. The van der Waals surface area contributed by atoms with E-state index in [0.29, 0.717) is 18.9 Å². The number of nitrogens with zero attached hydrogens (tertiary/aromatic N) is 1. The number of carbonyl (C=O) groups excluding carboxylic acids is 1. The van der Waals surface area contributed by atoms with Crippen molar-refractivity contribution in [3.63, 3.8) is 0 Å². The van der Waals surface area contributed by atoms with Crippen molar-refractivity contribution in [2.75, 3.05) is 26.3 Å². The normalized spacial score (nSPS) is 18.1. The Morgan fingerprint density at radius 1 is 1.23 bits per heavy atom. The van der Waals surface area contributed by atoms with Crippen molar-refractivity contribution >= 4 is 5.91 Å². The van der Waals surface area contributed by atoms with Gasteiger partial charge in [0.15, 0.2) is 6.61 Å². The Morgan fingerprint density at radius 3 is 2.55 bits per heavy atom. The molecule has 1 aromatic rings. The van der Waals surface area contributed by atoms with E-state index in [1.54, 1.807) is 0 Å². The van der Waals surface area contributed by atoms with Crippen molar-refractivity contribution in [1.82, 2.24) is 4.90 Å². The highest BCUT2D eigenvalue weighted by molar-refractivity contribution is 5.78. The molecule has 5 nitrogen and oxygen atoms in total. The van der Waals surface area contributed by atoms with Crippen LogP contribution in [0.25, 0.3) is 0 Å². The number of ether oxygens (including phenoxy) is 2. The lowest BCUT2D eigenvalue weighted by Gasteiger charge is -2.34. The standard InChI is InChI=1S/C17H26N2O3/c1-2-11-21-15-6-8-16(9-7-15)22-13-17(20)19-10-4-3-5-14(19)12-18/h6-9,14H,2-5,10-13,18H2,1H3. The highest BCUT2D eigenvalue weighted by Gasteiger charge is 2.25. The summed E-state index contributed by atoms with van der Waals surface area (Å²) in [6, 6.07) is 7.54. The van der Waals surface area contributed by atoms with Gasteiger partial charge in [0.25, 0.3) is 5.91 Å². The number of benzene rings is 1. The van der Waals surface area contributed by atoms with Crippen LogP contribution in [0.2, 0.25) is 0 Å². The third-order valence-corrected chi connectivity index (χ3v) is 3.88. The van der Waals surface area contributed by atoms with Crippen LogP contribution >= 0.6 is 0 Å². The molecule has 1 aliphatic heterocycles. The molecule has 5 heteroatoms. The molecule has 2 rings (SSSR count). The van der Waals surface area contributed by atoms with Crippen LogP contribution < -0.4 is 15.2 Å². The summed E-state index contributed by atoms with van der Waals surface area (Å²) in [6.45, 7) is 4.14. The smallest absolute Gasteiger partial charge is 0.260 e. The SMILES string of the molecule is CCCOc1ccc(OCC(=O)N2CCCCC2CN)cc1. The summed E-state index contributed by atoms with van der Waals surface area (Å²) in [7, 11) is 0. The number of nitrogens with two attached hydrogens (primary N) is 1. The van der Waals surface area contributed by atoms with Gasteiger partial charge >= 0.3 is 0 Å². The predicted molar refractivity (Wildman–Crippen MR) is 86.1 cm³/mol. The van der Waals surface area contributed by atoms with Crippen LogP contribution in [0, 0.1) is 0 Å². The fourth-order valence-corrected chi connectivity index (χ4v) is 2.65. The maximum absolute atomic E-state index is 12.3. The molecule has 1 atom stereocenters. The molecular weight excluding hydrogens is 280 g/mol. The zero-order valence-corrected chi connectivity index (χ0v) is 13.3. The van der Waals surface area contributed by atoms with Gasteiger partial charge < -0.3 is 20.1 Å². The van der Waals surface area contributed by atoms with Crippen molar-refractivity contribution in [1.29, 1.82) is 0 Å². The third-order valence-electron chi connectivity index (χ3n) is 3.88. The Labute approximate surface area is 132 Å². The maximum Gasteiger partial charge on any atom is 0.260 e. The topological polar surface area (TPSA) is 64.8 Å². The number of hydrogen-bond acceptors (Lipinski definition) is 4. The van der Waals surface area contributed by atoms with Gasteiger partial charge in [-0.15, -0.1) is 0 Å². The summed E-state index contributed by atoms with van der Waals surface area (Å²) in [5, 5.41) is 0. The van der Waals surface area contributed by atoms with Crippen LogP contribution in [0.3, 0.4) is 0 Å². The second-order valence-corrected chi connectivity index (χ2v) is 5.58. The zero-order valence-electron chi connectivity index (χ0n) is 13.3. The number of amides is 1. The van der Waals surface area contributed by atoms with Crippen LogP contribution in [0.1, 0.15) is 32.6 Å². The van der Waals surface area contributed by atoms with Gasteiger partial charge in [-0.1, -0.05) is 6.92 Å². The van der Waals surface area contributed by atoms with Gasteiger partial charge in [-0.05, 0) is 49.9 Å². The molecule has 0 saturated carbocycles. The second kappa shape index (κ2) is 8.63. The Hall–Kier alpha value is -1.75. The van der Waals surface area contributed by atoms with Crippen LogP contribution in [0.4, 0.5) is 0 Å². The van der Waals surface area contributed by atoms with E-state index in [1.165, 1.54) is 0 Å². The van der Waals surface area contributed by atoms with Gasteiger partial charge in [0.05, 0.1) is 6.61 Å². The average Bonchev–Trinajstić information content (AvgIpc) is 2.58. The van der Waals surface area contributed by atoms with Crippen LogP contribution in [-0.4, -0.2) is 43.2 Å². The van der Waals surface area contributed by atoms with E-state index >= 15 is 0 Å². The average molecular weight is 306 g/mol. The van der Waals surface area contributed by atoms with Gasteiger partial charge in [-0.25, -0.2) is 0 Å². The highest BCUT2D eigenvalue weighted by Crippen LogP contribution is 2.19. The molecule has 1 amide bonds. The van der Waals surface area contributed by atoms with Gasteiger partial charge in [-0.3, -0.25) is 4.79 Å². The van der Waals surface area contributed by atoms with Crippen molar-refractivity contribution in [3.8, 4) is 11.5 Å².